The molecule has 0 spiro atoms. The van der Waals surface area contributed by atoms with Gasteiger partial charge < -0.3 is 14.2 Å². The van der Waals surface area contributed by atoms with Crippen molar-refractivity contribution in [3.63, 3.8) is 0 Å². The predicted molar refractivity (Wildman–Crippen MR) is 303 cm³/mol. The minimum atomic E-state index is -0.768. The van der Waals surface area contributed by atoms with E-state index in [1.165, 1.54) is 250 Å². The van der Waals surface area contributed by atoms with Crippen molar-refractivity contribution < 1.29 is 28.6 Å². The van der Waals surface area contributed by atoms with Gasteiger partial charge in [0, 0.05) is 19.3 Å². The molecule has 0 N–H and O–H groups in total. The average molecular weight is 986 g/mol. The Kier molecular flexibility index (Phi) is 57.7. The number of rotatable bonds is 58. The monoisotopic (exact) mass is 985 g/mol. The van der Waals surface area contributed by atoms with E-state index >= 15 is 0 Å². The molecule has 0 aromatic carbocycles. The van der Waals surface area contributed by atoms with E-state index in [-0.39, 0.29) is 31.1 Å². The van der Waals surface area contributed by atoms with Crippen LogP contribution in [0.2, 0.25) is 0 Å². The highest BCUT2D eigenvalue weighted by molar-refractivity contribution is 5.71. The second kappa shape index (κ2) is 59.5. The van der Waals surface area contributed by atoms with Crippen molar-refractivity contribution >= 4 is 17.9 Å². The van der Waals surface area contributed by atoms with Gasteiger partial charge in [-0.3, -0.25) is 14.4 Å². The van der Waals surface area contributed by atoms with Gasteiger partial charge in [0.1, 0.15) is 13.2 Å². The first-order valence-corrected chi connectivity index (χ1v) is 31.3. The van der Waals surface area contributed by atoms with E-state index in [9.17, 15) is 14.4 Å². The van der Waals surface area contributed by atoms with Gasteiger partial charge in [-0.05, 0) is 70.6 Å². The Labute approximate surface area is 436 Å². The van der Waals surface area contributed by atoms with Gasteiger partial charge in [0.25, 0.3) is 0 Å². The standard InChI is InChI=1S/C64H120O6/c1-4-7-10-13-16-19-22-24-26-28-30-31-32-33-35-36-38-40-42-45-48-51-54-57-63(66)69-60-61(59-68-62(65)56-53-50-47-44-21-18-15-12-9-6-3)70-64(67)58-55-52-49-46-43-41-39-37-34-29-27-25-23-20-17-14-11-8-5-2/h25,27-28,30,61H,4-24,26,29,31-60H2,1-3H3/b27-25-,30-28-. The number of hydrogen-bond acceptors (Lipinski definition) is 6. The van der Waals surface area contributed by atoms with Crippen LogP contribution in [0.15, 0.2) is 24.3 Å². The fraction of sp³-hybridized carbons (Fsp3) is 0.891. The number of allylic oxidation sites excluding steroid dienone is 4. The molecule has 0 aliphatic heterocycles. The first kappa shape index (κ1) is 67.9. The summed E-state index contributed by atoms with van der Waals surface area (Å²) in [6, 6.07) is 0. The van der Waals surface area contributed by atoms with Crippen molar-refractivity contribution in [2.75, 3.05) is 13.2 Å². The lowest BCUT2D eigenvalue weighted by Gasteiger charge is -2.18. The molecule has 0 amide bonds. The molecule has 0 aliphatic rings. The van der Waals surface area contributed by atoms with Crippen molar-refractivity contribution in [3.05, 3.63) is 24.3 Å². The second-order valence-corrected chi connectivity index (χ2v) is 21.3. The van der Waals surface area contributed by atoms with Crippen LogP contribution in [0.1, 0.15) is 348 Å². The van der Waals surface area contributed by atoms with Gasteiger partial charge in [-0.25, -0.2) is 0 Å². The highest BCUT2D eigenvalue weighted by Crippen LogP contribution is 2.17. The van der Waals surface area contributed by atoms with Crippen molar-refractivity contribution in [2.24, 2.45) is 0 Å². The Hall–Kier alpha value is -2.11. The van der Waals surface area contributed by atoms with E-state index in [4.69, 9.17) is 14.2 Å². The third-order valence-electron chi connectivity index (χ3n) is 14.2. The third kappa shape index (κ3) is 56.8. The van der Waals surface area contributed by atoms with Crippen LogP contribution in [0, 0.1) is 0 Å². The van der Waals surface area contributed by atoms with Crippen molar-refractivity contribution in [1.82, 2.24) is 0 Å². The molecule has 0 rings (SSSR count). The van der Waals surface area contributed by atoms with Gasteiger partial charge in [-0.15, -0.1) is 0 Å². The molecule has 0 saturated carbocycles. The largest absolute Gasteiger partial charge is 0.462 e. The average Bonchev–Trinajstić information content (AvgIpc) is 3.36. The first-order valence-electron chi connectivity index (χ1n) is 31.3. The summed E-state index contributed by atoms with van der Waals surface area (Å²) in [5.74, 6) is -0.849. The molecular weight excluding hydrogens is 865 g/mol. The van der Waals surface area contributed by atoms with E-state index in [0.29, 0.717) is 19.3 Å². The Bertz CT molecular complexity index is 1130. The van der Waals surface area contributed by atoms with Gasteiger partial charge in [-0.2, -0.15) is 0 Å². The van der Waals surface area contributed by atoms with Gasteiger partial charge >= 0.3 is 17.9 Å². The number of carbonyl (C=O) groups excluding carboxylic acids is 3. The van der Waals surface area contributed by atoms with E-state index in [1.807, 2.05) is 0 Å². The van der Waals surface area contributed by atoms with Crippen LogP contribution in [0.5, 0.6) is 0 Å². The molecule has 1 unspecified atom stereocenters. The molecule has 0 saturated heterocycles. The molecule has 1 atom stereocenters. The molecule has 0 bridgehead atoms. The lowest BCUT2D eigenvalue weighted by Crippen LogP contribution is -2.30. The summed E-state index contributed by atoms with van der Waals surface area (Å²) in [6.07, 6.45) is 70.4. The summed E-state index contributed by atoms with van der Waals surface area (Å²) in [4.78, 5) is 38.2. The lowest BCUT2D eigenvalue weighted by molar-refractivity contribution is -0.167. The maximum Gasteiger partial charge on any atom is 0.306 e. The van der Waals surface area contributed by atoms with Crippen LogP contribution in [-0.4, -0.2) is 37.2 Å². The summed E-state index contributed by atoms with van der Waals surface area (Å²) in [7, 11) is 0. The molecule has 412 valence electrons. The first-order chi connectivity index (χ1) is 34.5. The number of hydrogen-bond donors (Lipinski definition) is 0. The van der Waals surface area contributed by atoms with E-state index in [2.05, 4.69) is 45.1 Å². The Morgan fingerprint density at radius 2 is 0.471 bits per heavy atom. The number of unbranched alkanes of at least 4 members (excludes halogenated alkanes) is 43. The van der Waals surface area contributed by atoms with Crippen LogP contribution in [0.25, 0.3) is 0 Å². The molecule has 0 heterocycles. The number of esters is 3. The van der Waals surface area contributed by atoms with Crippen LogP contribution < -0.4 is 0 Å². The van der Waals surface area contributed by atoms with E-state index in [0.717, 1.165) is 57.8 Å². The fourth-order valence-corrected chi connectivity index (χ4v) is 9.44. The highest BCUT2D eigenvalue weighted by Gasteiger charge is 2.19. The normalized spacial score (nSPS) is 12.1. The molecular formula is C64H120O6. The van der Waals surface area contributed by atoms with Gasteiger partial charge in [-0.1, -0.05) is 283 Å². The lowest BCUT2D eigenvalue weighted by atomic mass is 10.0. The fourth-order valence-electron chi connectivity index (χ4n) is 9.44. The highest BCUT2D eigenvalue weighted by atomic mass is 16.6. The van der Waals surface area contributed by atoms with Gasteiger partial charge in [0.05, 0.1) is 0 Å². The SMILES string of the molecule is CCCCCCCC/C=C\CCCCCCCCCCCC(=O)OC(COC(=O)CCCCCCCCCCCC)COC(=O)CCCCCCCCCCCCC/C=C\CCCCCCCCCC. The molecule has 6 nitrogen and oxygen atoms in total. The minimum Gasteiger partial charge on any atom is -0.462 e. The molecule has 0 aliphatic carbocycles. The molecule has 0 fully saturated rings. The minimum absolute atomic E-state index is 0.0676. The van der Waals surface area contributed by atoms with E-state index in [1.54, 1.807) is 0 Å². The van der Waals surface area contributed by atoms with Gasteiger partial charge in [0.2, 0.25) is 0 Å². The number of ether oxygens (including phenoxy) is 3. The van der Waals surface area contributed by atoms with Crippen molar-refractivity contribution in [1.29, 1.82) is 0 Å². The van der Waals surface area contributed by atoms with E-state index < -0.39 is 6.10 Å². The maximum atomic E-state index is 12.9. The summed E-state index contributed by atoms with van der Waals surface area (Å²) < 4.78 is 16.9. The Morgan fingerprint density at radius 3 is 0.714 bits per heavy atom. The Morgan fingerprint density at radius 1 is 0.271 bits per heavy atom. The zero-order valence-corrected chi connectivity index (χ0v) is 47.3. The van der Waals surface area contributed by atoms with Crippen LogP contribution in [0.4, 0.5) is 0 Å². The molecule has 6 heteroatoms. The zero-order valence-electron chi connectivity index (χ0n) is 47.3. The van der Waals surface area contributed by atoms with Crippen LogP contribution >= 0.6 is 0 Å². The third-order valence-corrected chi connectivity index (χ3v) is 14.2. The second-order valence-electron chi connectivity index (χ2n) is 21.3. The predicted octanol–water partition coefficient (Wildman–Crippen LogP) is 21.1. The quantitative estimate of drug-likeness (QED) is 0.0261. The van der Waals surface area contributed by atoms with Crippen LogP contribution in [-0.2, 0) is 28.6 Å². The Balaban J connectivity index is 4.21. The summed E-state index contributed by atoms with van der Waals surface area (Å²) in [5.41, 5.74) is 0. The summed E-state index contributed by atoms with van der Waals surface area (Å²) in [5, 5.41) is 0. The van der Waals surface area contributed by atoms with Crippen LogP contribution in [0.3, 0.4) is 0 Å². The topological polar surface area (TPSA) is 78.9 Å². The number of carbonyl (C=O) groups is 3. The maximum absolute atomic E-state index is 12.9. The molecule has 0 aromatic heterocycles. The molecule has 0 aromatic rings. The smallest absolute Gasteiger partial charge is 0.306 e. The van der Waals surface area contributed by atoms with Crippen molar-refractivity contribution in [2.45, 2.75) is 354 Å². The zero-order chi connectivity index (χ0) is 50.7. The summed E-state index contributed by atoms with van der Waals surface area (Å²) in [6.45, 7) is 6.68. The summed E-state index contributed by atoms with van der Waals surface area (Å²) >= 11 is 0. The van der Waals surface area contributed by atoms with Crippen molar-refractivity contribution in [3.8, 4) is 0 Å². The van der Waals surface area contributed by atoms with Gasteiger partial charge in [0.15, 0.2) is 6.10 Å². The molecule has 70 heavy (non-hydrogen) atoms. The molecule has 0 radical (unpaired) electrons.